The van der Waals surface area contributed by atoms with Crippen LogP contribution in [0, 0.1) is 33.3 Å². The van der Waals surface area contributed by atoms with E-state index in [0.29, 0.717) is 0 Å². The van der Waals surface area contributed by atoms with Crippen LogP contribution < -0.4 is 5.32 Å². The predicted molar refractivity (Wildman–Crippen MR) is 87.1 cm³/mol. The zero-order chi connectivity index (χ0) is 16.9. The molecule has 7 nitrogen and oxygen atoms in total. The smallest absolute Gasteiger partial charge is 0.358 e. The molecule has 7 heteroatoms. The van der Waals surface area contributed by atoms with Gasteiger partial charge in [0.1, 0.15) is 6.54 Å². The molecule has 0 unspecified atom stereocenters. The van der Waals surface area contributed by atoms with Gasteiger partial charge in [0.15, 0.2) is 0 Å². The SMILES string of the molecule is C[C@H](NC(=O)Cn1ccc([N+](=O)[O-])n1)C12CC3CC(CC(C3)C1)C2. The Morgan fingerprint density at radius 1 is 1.38 bits per heavy atom. The third-order valence-corrected chi connectivity index (χ3v) is 6.50. The molecule has 4 aliphatic carbocycles. The Bertz CT molecular complexity index is 633. The summed E-state index contributed by atoms with van der Waals surface area (Å²) < 4.78 is 1.33. The van der Waals surface area contributed by atoms with Gasteiger partial charge in [-0.2, -0.15) is 4.68 Å². The van der Waals surface area contributed by atoms with Gasteiger partial charge in [-0.15, -0.1) is 0 Å². The first-order chi connectivity index (χ1) is 11.4. The standard InChI is InChI=1S/C17H24N4O3/c1-11(17-7-12-4-13(8-17)6-14(5-12)9-17)18-16(22)10-20-3-2-15(19-20)21(23)24/h2-3,11-14H,4-10H2,1H3,(H,18,22)/t11-,12?,13?,14?,17?/m0/s1. The summed E-state index contributed by atoms with van der Waals surface area (Å²) in [7, 11) is 0. The first-order valence-corrected chi connectivity index (χ1v) is 8.91. The summed E-state index contributed by atoms with van der Waals surface area (Å²) in [5.74, 6) is 2.21. The Labute approximate surface area is 140 Å². The van der Waals surface area contributed by atoms with Crippen molar-refractivity contribution in [3.05, 3.63) is 22.4 Å². The monoisotopic (exact) mass is 332 g/mol. The van der Waals surface area contributed by atoms with Gasteiger partial charge in [0.25, 0.3) is 0 Å². The minimum absolute atomic E-state index is 0.0323. The Balaban J connectivity index is 1.39. The molecule has 4 fully saturated rings. The lowest BCUT2D eigenvalue weighted by molar-refractivity contribution is -0.389. The maximum Gasteiger partial charge on any atom is 0.389 e. The number of amides is 1. The van der Waals surface area contributed by atoms with Crippen LogP contribution in [0.2, 0.25) is 0 Å². The van der Waals surface area contributed by atoms with Crippen molar-refractivity contribution in [3.8, 4) is 0 Å². The molecule has 1 aromatic rings. The second-order valence-corrected chi connectivity index (χ2v) is 8.20. The van der Waals surface area contributed by atoms with E-state index < -0.39 is 4.92 Å². The van der Waals surface area contributed by atoms with Gasteiger partial charge in [-0.05, 0) is 73.5 Å². The Morgan fingerprint density at radius 3 is 2.46 bits per heavy atom. The summed E-state index contributed by atoms with van der Waals surface area (Å²) in [6.45, 7) is 2.17. The van der Waals surface area contributed by atoms with Crippen molar-refractivity contribution in [2.24, 2.45) is 23.2 Å². The third kappa shape index (κ3) is 2.70. The Morgan fingerprint density at radius 2 is 1.96 bits per heavy atom. The minimum Gasteiger partial charge on any atom is -0.358 e. The number of carbonyl (C=O) groups is 1. The molecule has 0 radical (unpaired) electrons. The average Bonchev–Trinajstić information content (AvgIpc) is 2.94. The number of carbonyl (C=O) groups excluding carboxylic acids is 1. The molecule has 5 rings (SSSR count). The zero-order valence-electron chi connectivity index (χ0n) is 14.0. The summed E-state index contributed by atoms with van der Waals surface area (Å²) in [6.07, 6.45) is 9.37. The number of nitrogens with zero attached hydrogens (tertiary/aromatic N) is 3. The number of nitrogens with one attached hydrogen (secondary N) is 1. The first kappa shape index (κ1) is 15.6. The van der Waals surface area contributed by atoms with Gasteiger partial charge in [0.05, 0.1) is 17.4 Å². The fraction of sp³-hybridized carbons (Fsp3) is 0.765. The third-order valence-electron chi connectivity index (χ3n) is 6.50. The molecule has 0 spiro atoms. The van der Waals surface area contributed by atoms with Gasteiger partial charge >= 0.3 is 5.82 Å². The lowest BCUT2D eigenvalue weighted by Crippen LogP contribution is -2.56. The van der Waals surface area contributed by atoms with E-state index in [9.17, 15) is 14.9 Å². The summed E-state index contributed by atoms with van der Waals surface area (Å²) >= 11 is 0. The highest BCUT2D eigenvalue weighted by atomic mass is 16.6. The zero-order valence-corrected chi connectivity index (χ0v) is 14.0. The highest BCUT2D eigenvalue weighted by Gasteiger charge is 2.53. The predicted octanol–water partition coefficient (Wildman–Crippen LogP) is 2.51. The van der Waals surface area contributed by atoms with Gasteiger partial charge in [0, 0.05) is 6.04 Å². The summed E-state index contributed by atoms with van der Waals surface area (Å²) in [4.78, 5) is 22.5. The van der Waals surface area contributed by atoms with Gasteiger partial charge in [0.2, 0.25) is 5.91 Å². The maximum absolute atomic E-state index is 12.4. The fourth-order valence-electron chi connectivity index (χ4n) is 5.83. The lowest BCUT2D eigenvalue weighted by atomic mass is 9.48. The number of hydrogen-bond donors (Lipinski definition) is 1. The Kier molecular flexibility index (Phi) is 3.62. The fourth-order valence-corrected chi connectivity index (χ4v) is 5.83. The molecule has 1 aromatic heterocycles. The molecule has 1 heterocycles. The molecule has 1 N–H and O–H groups in total. The lowest BCUT2D eigenvalue weighted by Gasteiger charge is -2.59. The molecule has 4 bridgehead atoms. The van der Waals surface area contributed by atoms with Crippen molar-refractivity contribution >= 4 is 11.7 Å². The van der Waals surface area contributed by atoms with Gasteiger partial charge in [-0.3, -0.25) is 4.79 Å². The molecule has 130 valence electrons. The molecule has 4 saturated carbocycles. The van der Waals surface area contributed by atoms with Crippen molar-refractivity contribution < 1.29 is 9.72 Å². The van der Waals surface area contributed by atoms with E-state index >= 15 is 0 Å². The highest BCUT2D eigenvalue weighted by molar-refractivity contribution is 5.76. The summed E-state index contributed by atoms with van der Waals surface area (Å²) in [5.41, 5.74) is 0.264. The van der Waals surface area contributed by atoms with Crippen LogP contribution in [-0.4, -0.2) is 26.7 Å². The van der Waals surface area contributed by atoms with Crippen molar-refractivity contribution in [2.75, 3.05) is 0 Å². The minimum atomic E-state index is -0.549. The number of nitro groups is 1. The van der Waals surface area contributed by atoms with Crippen molar-refractivity contribution in [2.45, 2.75) is 58.0 Å². The van der Waals surface area contributed by atoms with E-state index in [2.05, 4.69) is 17.3 Å². The van der Waals surface area contributed by atoms with E-state index in [0.717, 1.165) is 17.8 Å². The quantitative estimate of drug-likeness (QED) is 0.662. The molecule has 1 atom stereocenters. The van der Waals surface area contributed by atoms with Crippen LogP contribution in [0.25, 0.3) is 0 Å². The van der Waals surface area contributed by atoms with Crippen LogP contribution in [0.4, 0.5) is 5.82 Å². The Hall–Kier alpha value is -1.92. The number of aromatic nitrogens is 2. The number of rotatable bonds is 5. The van der Waals surface area contributed by atoms with Crippen LogP contribution in [0.3, 0.4) is 0 Å². The summed E-state index contributed by atoms with van der Waals surface area (Å²) in [5, 5.41) is 17.6. The van der Waals surface area contributed by atoms with E-state index in [-0.39, 0.29) is 29.7 Å². The van der Waals surface area contributed by atoms with Crippen LogP contribution in [0.15, 0.2) is 12.3 Å². The maximum atomic E-state index is 12.4. The molecule has 4 aliphatic rings. The summed E-state index contributed by atoms with van der Waals surface area (Å²) in [6, 6.07) is 1.47. The van der Waals surface area contributed by atoms with E-state index in [1.807, 2.05) is 0 Å². The average molecular weight is 332 g/mol. The van der Waals surface area contributed by atoms with Crippen molar-refractivity contribution in [3.63, 3.8) is 0 Å². The van der Waals surface area contributed by atoms with Crippen LogP contribution in [0.1, 0.15) is 45.4 Å². The highest BCUT2D eigenvalue weighted by Crippen LogP contribution is 2.61. The van der Waals surface area contributed by atoms with E-state index in [1.54, 1.807) is 0 Å². The molecule has 0 aromatic carbocycles. The molecular formula is C17H24N4O3. The normalized spacial score (nSPS) is 35.0. The first-order valence-electron chi connectivity index (χ1n) is 8.91. The van der Waals surface area contributed by atoms with Crippen molar-refractivity contribution in [1.82, 2.24) is 15.1 Å². The van der Waals surface area contributed by atoms with E-state index in [1.165, 1.54) is 55.5 Å². The van der Waals surface area contributed by atoms with Gasteiger partial charge < -0.3 is 15.4 Å². The topological polar surface area (TPSA) is 90.1 Å². The van der Waals surface area contributed by atoms with Crippen LogP contribution in [-0.2, 0) is 11.3 Å². The van der Waals surface area contributed by atoms with Crippen LogP contribution in [0.5, 0.6) is 0 Å². The number of hydrogen-bond acceptors (Lipinski definition) is 4. The second kappa shape index (κ2) is 5.57. The van der Waals surface area contributed by atoms with E-state index in [4.69, 9.17) is 0 Å². The van der Waals surface area contributed by atoms with Gasteiger partial charge in [-0.1, -0.05) is 0 Å². The largest absolute Gasteiger partial charge is 0.389 e. The van der Waals surface area contributed by atoms with Crippen molar-refractivity contribution in [1.29, 1.82) is 0 Å². The molecule has 0 saturated heterocycles. The molecular weight excluding hydrogens is 308 g/mol. The molecule has 1 amide bonds. The molecule has 0 aliphatic heterocycles. The van der Waals surface area contributed by atoms with Crippen LogP contribution >= 0.6 is 0 Å². The van der Waals surface area contributed by atoms with Gasteiger partial charge in [-0.25, -0.2) is 0 Å². The second-order valence-electron chi connectivity index (χ2n) is 8.20. The molecule has 24 heavy (non-hydrogen) atoms.